The second-order valence-electron chi connectivity index (χ2n) is 2.76. The Hall–Kier alpha value is -0.800. The van der Waals surface area contributed by atoms with Crippen LogP contribution in [0.1, 0.15) is 17.3 Å². The first-order chi connectivity index (χ1) is 6.24. The van der Waals surface area contributed by atoms with Gasteiger partial charge in [0.25, 0.3) is 0 Å². The Kier molecular flexibility index (Phi) is 3.99. The second kappa shape index (κ2) is 5.04. The van der Waals surface area contributed by atoms with Crippen molar-refractivity contribution >= 4 is 16.9 Å². The number of aliphatic hydroxyl groups excluding tert-OH is 1. The van der Waals surface area contributed by atoms with Crippen molar-refractivity contribution in [2.75, 3.05) is 6.61 Å². The largest absolute Gasteiger partial charge is 0.395 e. The summed E-state index contributed by atoms with van der Waals surface area (Å²) in [4.78, 5) is 11.5. The summed E-state index contributed by atoms with van der Waals surface area (Å²) < 4.78 is 0. The van der Waals surface area contributed by atoms with E-state index >= 15 is 0 Å². The zero-order chi connectivity index (χ0) is 9.68. The normalized spacial score (nSPS) is 12.5. The number of thioether (sulfide) groups is 1. The van der Waals surface area contributed by atoms with E-state index in [0.717, 1.165) is 11.8 Å². The number of hydrogen-bond donors (Lipinski definition) is 1. The van der Waals surface area contributed by atoms with Crippen LogP contribution < -0.4 is 0 Å². The van der Waals surface area contributed by atoms with Crippen LogP contribution in [0, 0.1) is 0 Å². The van der Waals surface area contributed by atoms with Crippen molar-refractivity contribution in [2.45, 2.75) is 12.2 Å². The van der Waals surface area contributed by atoms with Crippen LogP contribution in [-0.4, -0.2) is 22.1 Å². The molecule has 0 aliphatic carbocycles. The fourth-order valence-corrected chi connectivity index (χ4v) is 1.57. The van der Waals surface area contributed by atoms with E-state index in [2.05, 4.69) is 0 Å². The third-order valence-electron chi connectivity index (χ3n) is 1.57. The standard InChI is InChI=1S/C10H12O2S/c1-8(7-11)13-10(12)9-5-3-2-4-6-9/h2-6,8,11H,7H2,1H3. The maximum absolute atomic E-state index is 11.5. The van der Waals surface area contributed by atoms with Gasteiger partial charge < -0.3 is 5.11 Å². The van der Waals surface area contributed by atoms with E-state index in [4.69, 9.17) is 5.11 Å². The highest BCUT2D eigenvalue weighted by atomic mass is 32.2. The molecule has 1 unspecified atom stereocenters. The zero-order valence-corrected chi connectivity index (χ0v) is 8.25. The molecule has 0 fully saturated rings. The lowest BCUT2D eigenvalue weighted by molar-refractivity contribution is 0.108. The predicted octanol–water partition coefficient (Wildman–Crippen LogP) is 1.94. The van der Waals surface area contributed by atoms with Gasteiger partial charge in [-0.3, -0.25) is 4.79 Å². The van der Waals surface area contributed by atoms with Crippen molar-refractivity contribution in [1.29, 1.82) is 0 Å². The van der Waals surface area contributed by atoms with E-state index in [1.54, 1.807) is 12.1 Å². The first-order valence-electron chi connectivity index (χ1n) is 4.11. The third-order valence-corrected chi connectivity index (χ3v) is 2.58. The molecule has 1 N–H and O–H groups in total. The van der Waals surface area contributed by atoms with E-state index in [0.29, 0.717) is 5.56 Å². The van der Waals surface area contributed by atoms with Gasteiger partial charge in [0.15, 0.2) is 0 Å². The Morgan fingerprint density at radius 1 is 1.46 bits per heavy atom. The molecule has 0 aromatic heterocycles. The number of aliphatic hydroxyl groups is 1. The van der Waals surface area contributed by atoms with E-state index < -0.39 is 0 Å². The molecule has 0 heterocycles. The van der Waals surface area contributed by atoms with Crippen LogP contribution in [0.4, 0.5) is 0 Å². The van der Waals surface area contributed by atoms with Crippen molar-refractivity contribution in [3.8, 4) is 0 Å². The Balaban J connectivity index is 2.59. The summed E-state index contributed by atoms with van der Waals surface area (Å²) in [7, 11) is 0. The van der Waals surface area contributed by atoms with Crippen LogP contribution in [-0.2, 0) is 0 Å². The molecule has 1 aromatic carbocycles. The summed E-state index contributed by atoms with van der Waals surface area (Å²) in [5.74, 6) is 0. The van der Waals surface area contributed by atoms with Gasteiger partial charge in [-0.1, -0.05) is 49.0 Å². The minimum absolute atomic E-state index is 0.0159. The van der Waals surface area contributed by atoms with Gasteiger partial charge >= 0.3 is 0 Å². The Morgan fingerprint density at radius 3 is 2.62 bits per heavy atom. The molecule has 0 saturated carbocycles. The van der Waals surface area contributed by atoms with Gasteiger partial charge in [-0.25, -0.2) is 0 Å². The average Bonchev–Trinajstić information content (AvgIpc) is 2.19. The highest BCUT2D eigenvalue weighted by Crippen LogP contribution is 2.16. The van der Waals surface area contributed by atoms with Crippen molar-refractivity contribution in [3.05, 3.63) is 35.9 Å². The number of rotatable bonds is 3. The molecule has 0 bridgehead atoms. The highest BCUT2D eigenvalue weighted by molar-refractivity contribution is 8.14. The van der Waals surface area contributed by atoms with E-state index in [-0.39, 0.29) is 17.0 Å². The van der Waals surface area contributed by atoms with E-state index in [1.165, 1.54) is 0 Å². The van der Waals surface area contributed by atoms with Crippen molar-refractivity contribution in [3.63, 3.8) is 0 Å². The Morgan fingerprint density at radius 2 is 2.08 bits per heavy atom. The number of hydrogen-bond acceptors (Lipinski definition) is 3. The average molecular weight is 196 g/mol. The molecule has 13 heavy (non-hydrogen) atoms. The number of carbonyl (C=O) groups excluding carboxylic acids is 1. The molecule has 0 saturated heterocycles. The van der Waals surface area contributed by atoms with Crippen LogP contribution in [0.3, 0.4) is 0 Å². The first kappa shape index (κ1) is 10.3. The van der Waals surface area contributed by atoms with Gasteiger partial charge in [-0.2, -0.15) is 0 Å². The minimum atomic E-state index is -0.0345. The monoisotopic (exact) mass is 196 g/mol. The lowest BCUT2D eigenvalue weighted by atomic mass is 10.2. The Bertz CT molecular complexity index is 272. The van der Waals surface area contributed by atoms with Crippen LogP contribution in [0.5, 0.6) is 0 Å². The molecular weight excluding hydrogens is 184 g/mol. The molecule has 2 nitrogen and oxygen atoms in total. The lowest BCUT2D eigenvalue weighted by Crippen LogP contribution is -2.06. The van der Waals surface area contributed by atoms with Gasteiger partial charge in [0.1, 0.15) is 0 Å². The van der Waals surface area contributed by atoms with Gasteiger partial charge in [0, 0.05) is 10.8 Å². The Labute approximate surface area is 82.0 Å². The second-order valence-corrected chi connectivity index (χ2v) is 4.18. The van der Waals surface area contributed by atoms with E-state index in [1.807, 2.05) is 25.1 Å². The van der Waals surface area contributed by atoms with Crippen LogP contribution in [0.25, 0.3) is 0 Å². The topological polar surface area (TPSA) is 37.3 Å². The summed E-state index contributed by atoms with van der Waals surface area (Å²) in [6.07, 6.45) is 0. The van der Waals surface area contributed by atoms with Gasteiger partial charge in [0.05, 0.1) is 6.61 Å². The van der Waals surface area contributed by atoms with Crippen LogP contribution in [0.2, 0.25) is 0 Å². The fraction of sp³-hybridized carbons (Fsp3) is 0.300. The molecule has 0 aliphatic heterocycles. The molecule has 0 radical (unpaired) electrons. The molecule has 0 aliphatic rings. The summed E-state index contributed by atoms with van der Waals surface area (Å²) in [6.45, 7) is 1.86. The van der Waals surface area contributed by atoms with E-state index in [9.17, 15) is 4.79 Å². The number of benzene rings is 1. The molecule has 0 amide bonds. The zero-order valence-electron chi connectivity index (χ0n) is 7.43. The lowest BCUT2D eigenvalue weighted by Gasteiger charge is -2.05. The maximum Gasteiger partial charge on any atom is 0.219 e. The molecule has 1 rings (SSSR count). The fourth-order valence-electron chi connectivity index (χ4n) is 0.862. The molecule has 1 aromatic rings. The van der Waals surface area contributed by atoms with Crippen LogP contribution in [0.15, 0.2) is 30.3 Å². The SMILES string of the molecule is CC(CO)SC(=O)c1ccccc1. The summed E-state index contributed by atoms with van der Waals surface area (Å²) >= 11 is 1.16. The van der Waals surface area contributed by atoms with Gasteiger partial charge in [0.2, 0.25) is 5.12 Å². The summed E-state index contributed by atoms with van der Waals surface area (Å²) in [5.41, 5.74) is 0.688. The quantitative estimate of drug-likeness (QED) is 0.802. The van der Waals surface area contributed by atoms with Gasteiger partial charge in [-0.05, 0) is 0 Å². The molecule has 1 atom stereocenters. The number of carbonyl (C=O) groups is 1. The first-order valence-corrected chi connectivity index (χ1v) is 4.99. The van der Waals surface area contributed by atoms with Crippen molar-refractivity contribution in [2.24, 2.45) is 0 Å². The highest BCUT2D eigenvalue weighted by Gasteiger charge is 2.10. The van der Waals surface area contributed by atoms with Crippen molar-refractivity contribution < 1.29 is 9.90 Å². The summed E-state index contributed by atoms with van der Waals surface area (Å²) in [5, 5.41) is 8.74. The smallest absolute Gasteiger partial charge is 0.219 e. The molecular formula is C10H12O2S. The summed E-state index contributed by atoms with van der Waals surface area (Å²) in [6, 6.07) is 9.09. The minimum Gasteiger partial charge on any atom is -0.395 e. The molecule has 0 spiro atoms. The van der Waals surface area contributed by atoms with Gasteiger partial charge in [-0.15, -0.1) is 0 Å². The van der Waals surface area contributed by atoms with Crippen molar-refractivity contribution in [1.82, 2.24) is 0 Å². The predicted molar refractivity (Wildman–Crippen MR) is 54.9 cm³/mol. The third kappa shape index (κ3) is 3.20. The maximum atomic E-state index is 11.5. The van der Waals surface area contributed by atoms with Crippen LogP contribution >= 0.6 is 11.8 Å². The molecule has 70 valence electrons. The molecule has 3 heteroatoms.